The summed E-state index contributed by atoms with van der Waals surface area (Å²) in [7, 11) is 0. The Balaban J connectivity index is 1.48. The molecule has 6 nitrogen and oxygen atoms in total. The fraction of sp³-hybridized carbons (Fsp3) is 0.0417. The standard InChI is InChI=1S/C24H15ClF2N4O2/c1-13-7-14(25)9-16(8-13)33-23-4-2-3-20-17(23)5-6-21(28-20)22-12-31(30-29-22)15-10-18(26)24(32)19(27)11-15/h2-12,32H,1H3. The Morgan fingerprint density at radius 1 is 0.970 bits per heavy atom. The van der Waals surface area contributed by atoms with Crippen LogP contribution in [0.5, 0.6) is 17.2 Å². The van der Waals surface area contributed by atoms with Gasteiger partial charge in [-0.25, -0.2) is 18.4 Å². The van der Waals surface area contributed by atoms with Gasteiger partial charge in [0.05, 0.1) is 23.1 Å². The number of benzene rings is 3. The summed E-state index contributed by atoms with van der Waals surface area (Å²) < 4.78 is 34.6. The Morgan fingerprint density at radius 3 is 2.52 bits per heavy atom. The van der Waals surface area contributed by atoms with E-state index in [-0.39, 0.29) is 5.69 Å². The molecular formula is C24H15ClF2N4O2. The molecule has 0 aliphatic rings. The van der Waals surface area contributed by atoms with Crippen LogP contribution in [0.15, 0.2) is 66.9 Å². The van der Waals surface area contributed by atoms with Crippen LogP contribution in [0.25, 0.3) is 28.0 Å². The summed E-state index contributed by atoms with van der Waals surface area (Å²) in [4.78, 5) is 4.63. The van der Waals surface area contributed by atoms with Gasteiger partial charge in [-0.3, -0.25) is 0 Å². The zero-order valence-electron chi connectivity index (χ0n) is 17.1. The van der Waals surface area contributed by atoms with Crippen molar-refractivity contribution in [3.05, 3.63) is 89.1 Å². The minimum Gasteiger partial charge on any atom is -0.503 e. The number of phenolic OH excluding ortho intramolecular Hbond substituents is 1. The molecule has 1 N–H and O–H groups in total. The maximum Gasteiger partial charge on any atom is 0.187 e. The summed E-state index contributed by atoms with van der Waals surface area (Å²) in [5, 5.41) is 18.6. The predicted octanol–water partition coefficient (Wildman–Crippen LogP) is 6.22. The second-order valence-corrected chi connectivity index (χ2v) is 7.83. The van der Waals surface area contributed by atoms with Crippen molar-refractivity contribution >= 4 is 22.5 Å². The zero-order chi connectivity index (χ0) is 23.1. The van der Waals surface area contributed by atoms with E-state index in [1.807, 2.05) is 43.3 Å². The van der Waals surface area contributed by atoms with Crippen LogP contribution in [0.1, 0.15) is 5.56 Å². The molecule has 0 aliphatic carbocycles. The Labute approximate surface area is 191 Å². The number of hydrogen-bond donors (Lipinski definition) is 1. The van der Waals surface area contributed by atoms with Gasteiger partial charge in [0.15, 0.2) is 17.4 Å². The lowest BCUT2D eigenvalue weighted by atomic mass is 10.1. The van der Waals surface area contributed by atoms with Crippen LogP contribution in [0.4, 0.5) is 8.78 Å². The lowest BCUT2D eigenvalue weighted by Crippen LogP contribution is -1.97. The third kappa shape index (κ3) is 4.08. The molecule has 3 aromatic carbocycles. The Bertz CT molecular complexity index is 1480. The number of phenols is 1. The van der Waals surface area contributed by atoms with Gasteiger partial charge in [-0.05, 0) is 55.0 Å². The van der Waals surface area contributed by atoms with Crippen LogP contribution >= 0.6 is 11.6 Å². The van der Waals surface area contributed by atoms with Gasteiger partial charge in [0.25, 0.3) is 0 Å². The van der Waals surface area contributed by atoms with E-state index in [0.29, 0.717) is 33.4 Å². The van der Waals surface area contributed by atoms with Crippen molar-refractivity contribution in [2.24, 2.45) is 0 Å². The Morgan fingerprint density at radius 2 is 1.76 bits per heavy atom. The highest BCUT2D eigenvalue weighted by atomic mass is 35.5. The molecule has 0 bridgehead atoms. The molecule has 0 fully saturated rings. The van der Waals surface area contributed by atoms with E-state index >= 15 is 0 Å². The third-order valence-corrected chi connectivity index (χ3v) is 5.18. The first-order valence-electron chi connectivity index (χ1n) is 9.83. The molecule has 0 radical (unpaired) electrons. The summed E-state index contributed by atoms with van der Waals surface area (Å²) in [6.45, 7) is 1.93. The molecule has 2 heterocycles. The smallest absolute Gasteiger partial charge is 0.187 e. The lowest BCUT2D eigenvalue weighted by Gasteiger charge is -2.10. The third-order valence-electron chi connectivity index (χ3n) is 4.96. The van der Waals surface area contributed by atoms with Crippen molar-refractivity contribution in [2.45, 2.75) is 6.92 Å². The molecule has 0 saturated carbocycles. The monoisotopic (exact) mass is 464 g/mol. The first-order chi connectivity index (χ1) is 15.9. The molecule has 164 valence electrons. The molecule has 33 heavy (non-hydrogen) atoms. The zero-order valence-corrected chi connectivity index (χ0v) is 17.9. The van der Waals surface area contributed by atoms with Gasteiger partial charge in [-0.15, -0.1) is 5.10 Å². The van der Waals surface area contributed by atoms with Crippen LogP contribution in [-0.4, -0.2) is 25.1 Å². The molecule has 0 aliphatic heterocycles. The lowest BCUT2D eigenvalue weighted by molar-refractivity contribution is 0.395. The van der Waals surface area contributed by atoms with Gasteiger partial charge >= 0.3 is 0 Å². The van der Waals surface area contributed by atoms with E-state index in [0.717, 1.165) is 23.1 Å². The molecule has 0 atom stereocenters. The van der Waals surface area contributed by atoms with Crippen molar-refractivity contribution < 1.29 is 18.6 Å². The highest BCUT2D eigenvalue weighted by Gasteiger charge is 2.14. The average molecular weight is 465 g/mol. The van der Waals surface area contributed by atoms with Gasteiger partial charge in [0, 0.05) is 22.5 Å². The Kier molecular flexibility index (Phi) is 5.14. The maximum absolute atomic E-state index is 13.7. The number of fused-ring (bicyclic) bond motifs is 1. The molecule has 0 unspecified atom stereocenters. The number of hydrogen-bond acceptors (Lipinski definition) is 5. The summed E-state index contributed by atoms with van der Waals surface area (Å²) in [6, 6.07) is 16.5. The van der Waals surface area contributed by atoms with E-state index in [9.17, 15) is 13.9 Å². The van der Waals surface area contributed by atoms with E-state index in [4.69, 9.17) is 16.3 Å². The first kappa shape index (κ1) is 20.8. The van der Waals surface area contributed by atoms with Gasteiger partial charge in [0.1, 0.15) is 17.2 Å². The number of nitrogens with zero attached hydrogens (tertiary/aromatic N) is 4. The minimum absolute atomic E-state index is 0.0786. The minimum atomic E-state index is -1.09. The summed E-state index contributed by atoms with van der Waals surface area (Å²) >= 11 is 6.13. The quantitative estimate of drug-likeness (QED) is 0.342. The maximum atomic E-state index is 13.7. The highest BCUT2D eigenvalue weighted by Crippen LogP contribution is 2.32. The molecule has 5 rings (SSSR count). The molecular weight excluding hydrogens is 450 g/mol. The van der Waals surface area contributed by atoms with Gasteiger partial charge in [-0.1, -0.05) is 22.9 Å². The summed E-state index contributed by atoms with van der Waals surface area (Å²) in [5.74, 6) is -1.98. The Hall–Kier alpha value is -4.04. The second-order valence-electron chi connectivity index (χ2n) is 7.39. The van der Waals surface area contributed by atoms with Crippen molar-refractivity contribution in [2.75, 3.05) is 0 Å². The van der Waals surface area contributed by atoms with E-state index in [1.54, 1.807) is 12.1 Å². The summed E-state index contributed by atoms with van der Waals surface area (Å²) in [5.41, 5.74) is 2.65. The van der Waals surface area contributed by atoms with Crippen LogP contribution in [0.3, 0.4) is 0 Å². The van der Waals surface area contributed by atoms with Crippen LogP contribution < -0.4 is 4.74 Å². The highest BCUT2D eigenvalue weighted by molar-refractivity contribution is 6.30. The summed E-state index contributed by atoms with van der Waals surface area (Å²) in [6.07, 6.45) is 1.49. The van der Waals surface area contributed by atoms with E-state index in [2.05, 4.69) is 15.3 Å². The molecule has 9 heteroatoms. The molecule has 2 aromatic heterocycles. The normalized spacial score (nSPS) is 11.2. The van der Waals surface area contributed by atoms with E-state index in [1.165, 1.54) is 10.9 Å². The molecule has 0 amide bonds. The topological polar surface area (TPSA) is 73.1 Å². The van der Waals surface area contributed by atoms with Crippen molar-refractivity contribution in [1.29, 1.82) is 0 Å². The van der Waals surface area contributed by atoms with E-state index < -0.39 is 17.4 Å². The number of ether oxygens (including phenoxy) is 1. The van der Waals surface area contributed by atoms with Gasteiger partial charge in [-0.2, -0.15) is 0 Å². The van der Waals surface area contributed by atoms with Crippen molar-refractivity contribution in [3.63, 3.8) is 0 Å². The fourth-order valence-electron chi connectivity index (χ4n) is 3.44. The first-order valence-corrected chi connectivity index (χ1v) is 10.2. The van der Waals surface area contributed by atoms with Crippen LogP contribution in [-0.2, 0) is 0 Å². The average Bonchev–Trinajstić information content (AvgIpc) is 3.27. The molecule has 5 aromatic rings. The SMILES string of the molecule is Cc1cc(Cl)cc(Oc2cccc3nc(-c4cn(-c5cc(F)c(O)c(F)c5)nn4)ccc23)c1. The molecule has 0 saturated heterocycles. The largest absolute Gasteiger partial charge is 0.503 e. The number of aromatic hydroxyl groups is 1. The fourth-order valence-corrected chi connectivity index (χ4v) is 3.72. The number of pyridine rings is 1. The second kappa shape index (κ2) is 8.14. The van der Waals surface area contributed by atoms with Crippen LogP contribution in [0.2, 0.25) is 5.02 Å². The van der Waals surface area contributed by atoms with Gasteiger partial charge in [0.2, 0.25) is 0 Å². The van der Waals surface area contributed by atoms with Gasteiger partial charge < -0.3 is 9.84 Å². The molecule has 0 spiro atoms. The number of halogens is 3. The number of aromatic nitrogens is 4. The number of aryl methyl sites for hydroxylation is 1. The predicted molar refractivity (Wildman–Crippen MR) is 120 cm³/mol. The van der Waals surface area contributed by atoms with Crippen LogP contribution in [0, 0.1) is 18.6 Å². The van der Waals surface area contributed by atoms with Crippen molar-refractivity contribution in [3.8, 4) is 34.3 Å². The van der Waals surface area contributed by atoms with Crippen molar-refractivity contribution in [1.82, 2.24) is 20.0 Å². The number of rotatable bonds is 4.